The highest BCUT2D eigenvalue weighted by molar-refractivity contribution is 5.91. The third kappa shape index (κ3) is 3.38. The van der Waals surface area contributed by atoms with E-state index in [1.54, 1.807) is 12.3 Å². The molecule has 1 amide bonds. The van der Waals surface area contributed by atoms with Crippen LogP contribution in [0.4, 0.5) is 0 Å². The Morgan fingerprint density at radius 3 is 2.75 bits per heavy atom. The second-order valence-electron chi connectivity index (χ2n) is 6.94. The molecule has 3 heterocycles. The summed E-state index contributed by atoms with van der Waals surface area (Å²) >= 11 is 0. The zero-order chi connectivity index (χ0) is 17.3. The molecule has 1 aliphatic rings. The molecule has 0 aromatic carbocycles. The van der Waals surface area contributed by atoms with Gasteiger partial charge in [-0.15, -0.1) is 0 Å². The van der Waals surface area contributed by atoms with Crippen molar-refractivity contribution in [2.45, 2.75) is 52.2 Å². The van der Waals surface area contributed by atoms with Crippen LogP contribution in [0.15, 0.2) is 33.4 Å². The number of hydrogen-bond donors (Lipinski definition) is 0. The average Bonchev–Trinajstić information content (AvgIpc) is 3.21. The molecule has 24 heavy (non-hydrogen) atoms. The molecule has 0 unspecified atom stereocenters. The molecule has 2 atom stereocenters. The fourth-order valence-electron chi connectivity index (χ4n) is 3.11. The Balaban J connectivity index is 1.68. The van der Waals surface area contributed by atoms with Gasteiger partial charge in [-0.3, -0.25) is 9.69 Å². The van der Waals surface area contributed by atoms with E-state index in [9.17, 15) is 4.79 Å². The van der Waals surface area contributed by atoms with Crippen molar-refractivity contribution >= 4 is 5.91 Å². The van der Waals surface area contributed by atoms with Gasteiger partial charge in [-0.25, -0.2) is 0 Å². The number of carbonyl (C=O) groups is 1. The first kappa shape index (κ1) is 16.8. The maximum absolute atomic E-state index is 12.8. The van der Waals surface area contributed by atoms with Gasteiger partial charge in [0.1, 0.15) is 5.76 Å². The summed E-state index contributed by atoms with van der Waals surface area (Å²) < 4.78 is 10.7. The SMILES string of the molecule is CC(C)c1cc(C(=O)N2C[C@H](C)N(Cc3ccco3)C[C@@H]2C)on1. The van der Waals surface area contributed by atoms with Crippen LogP contribution in [-0.2, 0) is 6.54 Å². The van der Waals surface area contributed by atoms with Gasteiger partial charge in [0.05, 0.1) is 18.5 Å². The molecule has 6 heteroatoms. The number of carbonyl (C=O) groups excluding carboxylic acids is 1. The average molecular weight is 331 g/mol. The summed E-state index contributed by atoms with van der Waals surface area (Å²) in [6, 6.07) is 6.01. The van der Waals surface area contributed by atoms with Crippen LogP contribution in [0.2, 0.25) is 0 Å². The highest BCUT2D eigenvalue weighted by Crippen LogP contribution is 2.22. The maximum Gasteiger partial charge on any atom is 0.292 e. The number of nitrogens with zero attached hydrogens (tertiary/aromatic N) is 3. The Morgan fingerprint density at radius 1 is 1.33 bits per heavy atom. The smallest absolute Gasteiger partial charge is 0.292 e. The lowest BCUT2D eigenvalue weighted by molar-refractivity contribution is 0.0241. The molecule has 0 bridgehead atoms. The zero-order valence-electron chi connectivity index (χ0n) is 14.7. The zero-order valence-corrected chi connectivity index (χ0v) is 14.7. The molecule has 0 N–H and O–H groups in total. The molecular weight excluding hydrogens is 306 g/mol. The van der Waals surface area contributed by atoms with E-state index < -0.39 is 0 Å². The monoisotopic (exact) mass is 331 g/mol. The van der Waals surface area contributed by atoms with Gasteiger partial charge in [-0.2, -0.15) is 0 Å². The summed E-state index contributed by atoms with van der Waals surface area (Å²) in [5.74, 6) is 1.45. The molecule has 3 rings (SSSR count). The first-order valence-corrected chi connectivity index (χ1v) is 8.49. The summed E-state index contributed by atoms with van der Waals surface area (Å²) in [4.78, 5) is 17.0. The summed E-state index contributed by atoms with van der Waals surface area (Å²) in [5, 5.41) is 4.00. The Bertz CT molecular complexity index is 678. The number of aromatic nitrogens is 1. The molecule has 2 aromatic heterocycles. The molecule has 6 nitrogen and oxygen atoms in total. The lowest BCUT2D eigenvalue weighted by atomic mass is 10.1. The maximum atomic E-state index is 12.8. The Kier molecular flexibility index (Phi) is 4.76. The molecule has 1 aliphatic heterocycles. The van der Waals surface area contributed by atoms with E-state index in [4.69, 9.17) is 8.94 Å². The van der Waals surface area contributed by atoms with Crippen LogP contribution in [0.3, 0.4) is 0 Å². The van der Waals surface area contributed by atoms with Crippen molar-refractivity contribution in [2.75, 3.05) is 13.1 Å². The van der Waals surface area contributed by atoms with Gasteiger partial charge in [-0.1, -0.05) is 19.0 Å². The predicted octanol–water partition coefficient (Wildman–Crippen LogP) is 3.13. The molecule has 1 fully saturated rings. The number of furan rings is 1. The van der Waals surface area contributed by atoms with Gasteiger partial charge in [0.2, 0.25) is 5.76 Å². The molecule has 0 radical (unpaired) electrons. The van der Waals surface area contributed by atoms with E-state index in [2.05, 4.69) is 23.9 Å². The lowest BCUT2D eigenvalue weighted by Crippen LogP contribution is -2.57. The van der Waals surface area contributed by atoms with Crippen molar-refractivity contribution in [1.82, 2.24) is 15.0 Å². The standard InChI is InChI=1S/C18H25N3O3/c1-12(2)16-8-17(24-19-16)18(22)21-10-13(3)20(9-14(21)4)11-15-6-5-7-23-15/h5-8,12-14H,9-11H2,1-4H3/t13-,14-/m0/s1. The highest BCUT2D eigenvalue weighted by atomic mass is 16.5. The van der Waals surface area contributed by atoms with Gasteiger partial charge >= 0.3 is 0 Å². The minimum atomic E-state index is -0.0774. The predicted molar refractivity (Wildman–Crippen MR) is 89.7 cm³/mol. The summed E-state index contributed by atoms with van der Waals surface area (Å²) in [6.45, 7) is 10.5. The van der Waals surface area contributed by atoms with Gasteiger partial charge < -0.3 is 13.8 Å². The van der Waals surface area contributed by atoms with Crippen LogP contribution < -0.4 is 0 Å². The Labute approximate surface area is 142 Å². The minimum absolute atomic E-state index is 0.0774. The molecule has 130 valence electrons. The van der Waals surface area contributed by atoms with Crippen molar-refractivity contribution < 1.29 is 13.7 Å². The van der Waals surface area contributed by atoms with Crippen LogP contribution in [0.25, 0.3) is 0 Å². The topological polar surface area (TPSA) is 62.7 Å². The summed E-state index contributed by atoms with van der Waals surface area (Å²) in [5.41, 5.74) is 0.815. The molecular formula is C18H25N3O3. The summed E-state index contributed by atoms with van der Waals surface area (Å²) in [7, 11) is 0. The largest absolute Gasteiger partial charge is 0.468 e. The van der Waals surface area contributed by atoms with E-state index in [1.165, 1.54) is 0 Å². The minimum Gasteiger partial charge on any atom is -0.468 e. The number of hydrogen-bond acceptors (Lipinski definition) is 5. The van der Waals surface area contributed by atoms with Crippen LogP contribution >= 0.6 is 0 Å². The van der Waals surface area contributed by atoms with E-state index in [1.807, 2.05) is 30.9 Å². The normalized spacial score (nSPS) is 22.3. The van der Waals surface area contributed by atoms with Crippen LogP contribution in [0.1, 0.15) is 55.6 Å². The van der Waals surface area contributed by atoms with Crippen LogP contribution in [0, 0.1) is 0 Å². The second kappa shape index (κ2) is 6.81. The molecule has 0 aliphatic carbocycles. The first-order chi connectivity index (χ1) is 11.5. The lowest BCUT2D eigenvalue weighted by Gasteiger charge is -2.43. The highest BCUT2D eigenvalue weighted by Gasteiger charge is 2.34. The van der Waals surface area contributed by atoms with E-state index in [0.717, 1.165) is 24.5 Å². The van der Waals surface area contributed by atoms with Crippen molar-refractivity contribution in [2.24, 2.45) is 0 Å². The van der Waals surface area contributed by atoms with Gasteiger partial charge in [-0.05, 0) is 31.9 Å². The number of piperazine rings is 1. The summed E-state index contributed by atoms with van der Waals surface area (Å²) in [6.07, 6.45) is 1.69. The van der Waals surface area contributed by atoms with E-state index in [0.29, 0.717) is 12.3 Å². The number of amides is 1. The Hall–Kier alpha value is -2.08. The first-order valence-electron chi connectivity index (χ1n) is 8.49. The Morgan fingerprint density at radius 2 is 2.12 bits per heavy atom. The molecule has 1 saturated heterocycles. The van der Waals surface area contributed by atoms with Crippen LogP contribution in [-0.4, -0.2) is 46.0 Å². The van der Waals surface area contributed by atoms with Gasteiger partial charge in [0.25, 0.3) is 5.91 Å². The molecule has 0 spiro atoms. The van der Waals surface area contributed by atoms with Gasteiger partial charge in [0, 0.05) is 31.2 Å². The van der Waals surface area contributed by atoms with Crippen molar-refractivity contribution in [3.8, 4) is 0 Å². The van der Waals surface area contributed by atoms with E-state index >= 15 is 0 Å². The van der Waals surface area contributed by atoms with Crippen molar-refractivity contribution in [3.05, 3.63) is 41.7 Å². The van der Waals surface area contributed by atoms with Crippen molar-refractivity contribution in [1.29, 1.82) is 0 Å². The van der Waals surface area contributed by atoms with Crippen LogP contribution in [0.5, 0.6) is 0 Å². The third-order valence-electron chi connectivity index (χ3n) is 4.65. The quantitative estimate of drug-likeness (QED) is 0.861. The van der Waals surface area contributed by atoms with E-state index in [-0.39, 0.29) is 23.9 Å². The fourth-order valence-corrected chi connectivity index (χ4v) is 3.11. The fraction of sp³-hybridized carbons (Fsp3) is 0.556. The molecule has 0 saturated carbocycles. The van der Waals surface area contributed by atoms with Gasteiger partial charge in [0.15, 0.2) is 0 Å². The molecule has 2 aromatic rings. The number of rotatable bonds is 4. The third-order valence-corrected chi connectivity index (χ3v) is 4.65. The second-order valence-corrected chi connectivity index (χ2v) is 6.94. The van der Waals surface area contributed by atoms with Crippen molar-refractivity contribution in [3.63, 3.8) is 0 Å².